The molecule has 4 rings (SSSR count). The van der Waals surface area contributed by atoms with Gasteiger partial charge in [0, 0.05) is 16.5 Å². The molecule has 3 aromatic rings. The quantitative estimate of drug-likeness (QED) is 0.789. The number of amides is 1. The minimum atomic E-state index is -0.327. The van der Waals surface area contributed by atoms with Crippen molar-refractivity contribution in [2.75, 3.05) is 5.32 Å². The van der Waals surface area contributed by atoms with Crippen LogP contribution in [0.15, 0.2) is 41.1 Å². The van der Waals surface area contributed by atoms with Gasteiger partial charge in [0.25, 0.3) is 5.91 Å². The van der Waals surface area contributed by atoms with Gasteiger partial charge >= 0.3 is 0 Å². The number of hydrogen-bond donors (Lipinski definition) is 1. The molecule has 1 aliphatic carbocycles. The van der Waals surface area contributed by atoms with Gasteiger partial charge in [0.1, 0.15) is 0 Å². The van der Waals surface area contributed by atoms with Gasteiger partial charge in [0.15, 0.2) is 5.13 Å². The third-order valence-electron chi connectivity index (χ3n) is 3.47. The maximum atomic E-state index is 12.0. The Bertz CT molecular complexity index is 808. The number of aromatic nitrogens is 2. The molecule has 0 radical (unpaired) electrons. The number of anilines is 1. The summed E-state index contributed by atoms with van der Waals surface area (Å²) in [5.74, 6) is -0.143. The van der Waals surface area contributed by atoms with E-state index in [0.717, 1.165) is 24.1 Å². The second kappa shape index (κ2) is 4.82. The number of rotatable bonds is 2. The van der Waals surface area contributed by atoms with Crippen LogP contribution in [-0.4, -0.2) is 16.0 Å². The number of benzene rings is 1. The first-order valence-corrected chi connectivity index (χ1v) is 7.43. The van der Waals surface area contributed by atoms with Crippen molar-refractivity contribution in [3.05, 3.63) is 52.7 Å². The molecule has 0 saturated carbocycles. The standard InChI is InChI=1S/C15H11N3O2S/c19-14(11-7-8-16-20-11)18-15-17-13-10-4-2-1-3-9(10)5-6-12(13)21-15/h1-4,7-8H,5-6H2,(H,17,18,19). The van der Waals surface area contributed by atoms with Crippen LogP contribution in [0.3, 0.4) is 0 Å². The summed E-state index contributed by atoms with van der Waals surface area (Å²) in [5, 5.41) is 6.89. The number of fused-ring (bicyclic) bond motifs is 3. The highest BCUT2D eigenvalue weighted by Gasteiger charge is 2.21. The SMILES string of the molecule is O=C(Nc1nc2c(s1)CCc1ccccc1-2)c1ccno1. The van der Waals surface area contributed by atoms with E-state index in [2.05, 4.69) is 27.6 Å². The number of carbonyl (C=O) groups excluding carboxylic acids is 1. The summed E-state index contributed by atoms with van der Waals surface area (Å²) in [6.45, 7) is 0. The van der Waals surface area contributed by atoms with Crippen molar-refractivity contribution >= 4 is 22.4 Å². The predicted molar refractivity (Wildman–Crippen MR) is 79.4 cm³/mol. The Kier molecular flexibility index (Phi) is 2.82. The summed E-state index contributed by atoms with van der Waals surface area (Å²) in [6.07, 6.45) is 3.42. The average molecular weight is 297 g/mol. The van der Waals surface area contributed by atoms with Crippen LogP contribution >= 0.6 is 11.3 Å². The molecule has 2 aromatic heterocycles. The second-order valence-corrected chi connectivity index (χ2v) is 5.86. The topological polar surface area (TPSA) is 68.0 Å². The lowest BCUT2D eigenvalue weighted by atomic mass is 9.94. The lowest BCUT2D eigenvalue weighted by Crippen LogP contribution is -2.10. The van der Waals surface area contributed by atoms with Gasteiger partial charge in [-0.25, -0.2) is 4.98 Å². The fourth-order valence-corrected chi connectivity index (χ4v) is 3.46. The van der Waals surface area contributed by atoms with Gasteiger partial charge in [-0.15, -0.1) is 11.3 Å². The minimum absolute atomic E-state index is 0.184. The van der Waals surface area contributed by atoms with E-state index in [1.54, 1.807) is 0 Å². The number of carbonyl (C=O) groups is 1. The van der Waals surface area contributed by atoms with E-state index in [-0.39, 0.29) is 11.7 Å². The Hall–Kier alpha value is -2.47. The minimum Gasteiger partial charge on any atom is -0.351 e. The average Bonchev–Trinajstić information content (AvgIpc) is 3.16. The smallest absolute Gasteiger partial charge is 0.296 e. The van der Waals surface area contributed by atoms with Crippen LogP contribution in [0.25, 0.3) is 11.3 Å². The molecule has 1 aromatic carbocycles. The molecule has 0 aliphatic heterocycles. The van der Waals surface area contributed by atoms with Gasteiger partial charge in [-0.3, -0.25) is 10.1 Å². The highest BCUT2D eigenvalue weighted by atomic mass is 32.1. The second-order valence-electron chi connectivity index (χ2n) is 4.78. The molecule has 104 valence electrons. The van der Waals surface area contributed by atoms with Gasteiger partial charge in [-0.2, -0.15) is 0 Å². The van der Waals surface area contributed by atoms with Crippen molar-refractivity contribution in [2.24, 2.45) is 0 Å². The molecule has 0 unspecified atom stereocenters. The first kappa shape index (κ1) is 12.3. The van der Waals surface area contributed by atoms with E-state index >= 15 is 0 Å². The van der Waals surface area contributed by atoms with Gasteiger partial charge < -0.3 is 4.52 Å². The molecule has 6 heteroatoms. The Morgan fingerprint density at radius 2 is 2.14 bits per heavy atom. The molecule has 0 atom stereocenters. The lowest BCUT2D eigenvalue weighted by molar-refractivity contribution is 0.0988. The Labute approximate surface area is 124 Å². The Balaban J connectivity index is 1.66. The van der Waals surface area contributed by atoms with Crippen molar-refractivity contribution in [1.82, 2.24) is 10.1 Å². The van der Waals surface area contributed by atoms with E-state index in [0.29, 0.717) is 5.13 Å². The van der Waals surface area contributed by atoms with Crippen molar-refractivity contribution in [1.29, 1.82) is 0 Å². The van der Waals surface area contributed by atoms with E-state index in [1.807, 2.05) is 12.1 Å². The molecule has 0 bridgehead atoms. The van der Waals surface area contributed by atoms with Crippen LogP contribution in [-0.2, 0) is 12.8 Å². The van der Waals surface area contributed by atoms with Crippen molar-refractivity contribution in [3.8, 4) is 11.3 Å². The van der Waals surface area contributed by atoms with Crippen LogP contribution in [0.2, 0.25) is 0 Å². The van der Waals surface area contributed by atoms with Crippen LogP contribution in [0.5, 0.6) is 0 Å². The van der Waals surface area contributed by atoms with Gasteiger partial charge in [0.05, 0.1) is 11.9 Å². The maximum absolute atomic E-state index is 12.0. The normalized spacial score (nSPS) is 12.6. The van der Waals surface area contributed by atoms with Crippen molar-refractivity contribution in [3.63, 3.8) is 0 Å². The Morgan fingerprint density at radius 1 is 1.24 bits per heavy atom. The summed E-state index contributed by atoms with van der Waals surface area (Å²) in [6, 6.07) is 9.79. The van der Waals surface area contributed by atoms with E-state index in [1.165, 1.54) is 34.0 Å². The van der Waals surface area contributed by atoms with E-state index < -0.39 is 0 Å². The first-order chi connectivity index (χ1) is 10.3. The van der Waals surface area contributed by atoms with Crippen molar-refractivity contribution in [2.45, 2.75) is 12.8 Å². The van der Waals surface area contributed by atoms with Crippen molar-refractivity contribution < 1.29 is 9.32 Å². The summed E-state index contributed by atoms with van der Waals surface area (Å²) >= 11 is 1.52. The molecule has 1 aliphatic rings. The third-order valence-corrected chi connectivity index (χ3v) is 4.50. The zero-order chi connectivity index (χ0) is 14.2. The fourth-order valence-electron chi connectivity index (χ4n) is 2.49. The maximum Gasteiger partial charge on any atom is 0.296 e. The molecule has 1 amide bonds. The highest BCUT2D eigenvalue weighted by Crippen LogP contribution is 2.37. The lowest BCUT2D eigenvalue weighted by Gasteiger charge is -2.13. The van der Waals surface area contributed by atoms with Crippen LogP contribution in [0.1, 0.15) is 21.0 Å². The number of aryl methyl sites for hydroxylation is 2. The number of nitrogens with one attached hydrogen (secondary N) is 1. The zero-order valence-corrected chi connectivity index (χ0v) is 11.8. The first-order valence-electron chi connectivity index (χ1n) is 6.61. The monoisotopic (exact) mass is 297 g/mol. The molecular formula is C15H11N3O2S. The molecule has 0 spiro atoms. The molecule has 5 nitrogen and oxygen atoms in total. The molecule has 1 N–H and O–H groups in total. The summed E-state index contributed by atoms with van der Waals surface area (Å²) in [5.41, 5.74) is 3.45. The molecule has 21 heavy (non-hydrogen) atoms. The van der Waals surface area contributed by atoms with Gasteiger partial charge in [0.2, 0.25) is 5.76 Å². The van der Waals surface area contributed by atoms with Crippen LogP contribution < -0.4 is 5.32 Å². The number of hydrogen-bond acceptors (Lipinski definition) is 5. The van der Waals surface area contributed by atoms with E-state index in [4.69, 9.17) is 4.52 Å². The zero-order valence-electron chi connectivity index (χ0n) is 11.0. The Morgan fingerprint density at radius 3 is 3.00 bits per heavy atom. The predicted octanol–water partition coefficient (Wildman–Crippen LogP) is 3.15. The molecular weight excluding hydrogens is 286 g/mol. The molecule has 0 fully saturated rings. The summed E-state index contributed by atoms with van der Waals surface area (Å²) < 4.78 is 4.84. The highest BCUT2D eigenvalue weighted by molar-refractivity contribution is 7.16. The summed E-state index contributed by atoms with van der Waals surface area (Å²) in [4.78, 5) is 17.7. The molecule has 2 heterocycles. The van der Waals surface area contributed by atoms with Gasteiger partial charge in [-0.1, -0.05) is 29.4 Å². The van der Waals surface area contributed by atoms with Crippen LogP contribution in [0, 0.1) is 0 Å². The third kappa shape index (κ3) is 2.13. The van der Waals surface area contributed by atoms with E-state index in [9.17, 15) is 4.79 Å². The largest absolute Gasteiger partial charge is 0.351 e. The summed E-state index contributed by atoms with van der Waals surface area (Å²) in [7, 11) is 0. The number of nitrogens with zero attached hydrogens (tertiary/aromatic N) is 2. The van der Waals surface area contributed by atoms with Crippen LogP contribution in [0.4, 0.5) is 5.13 Å². The van der Waals surface area contributed by atoms with Gasteiger partial charge in [-0.05, 0) is 18.4 Å². The number of thiazole rings is 1. The fraction of sp³-hybridized carbons (Fsp3) is 0.133. The molecule has 0 saturated heterocycles.